The maximum Gasteiger partial charge on any atom is 0.225 e. The van der Waals surface area contributed by atoms with Crippen molar-refractivity contribution in [2.45, 2.75) is 53.6 Å². The monoisotopic (exact) mass is 215 g/mol. The van der Waals surface area contributed by atoms with Gasteiger partial charge in [0.1, 0.15) is 0 Å². The SMILES string of the molecule is CCOC(C)(C)CCNC(=O)C(C)(C)C. The molecule has 3 nitrogen and oxygen atoms in total. The number of carbonyl (C=O) groups excluding carboxylic acids is 1. The average Bonchev–Trinajstić information content (AvgIpc) is 2.01. The fourth-order valence-electron chi connectivity index (χ4n) is 1.21. The first-order valence-electron chi connectivity index (χ1n) is 5.61. The van der Waals surface area contributed by atoms with Gasteiger partial charge in [0.05, 0.1) is 5.60 Å². The third kappa shape index (κ3) is 6.50. The van der Waals surface area contributed by atoms with Crippen molar-refractivity contribution in [1.82, 2.24) is 5.32 Å². The van der Waals surface area contributed by atoms with E-state index in [9.17, 15) is 4.79 Å². The van der Waals surface area contributed by atoms with Crippen molar-refractivity contribution < 1.29 is 9.53 Å². The molecule has 0 heterocycles. The van der Waals surface area contributed by atoms with E-state index in [4.69, 9.17) is 4.74 Å². The van der Waals surface area contributed by atoms with E-state index in [1.807, 2.05) is 41.5 Å². The molecule has 0 aromatic rings. The Bertz CT molecular complexity index is 204. The molecule has 0 aromatic carbocycles. The predicted octanol–water partition coefficient (Wildman–Crippen LogP) is 2.35. The normalized spacial score (nSPS) is 12.7. The molecule has 0 saturated heterocycles. The molecule has 0 aliphatic rings. The molecule has 15 heavy (non-hydrogen) atoms. The summed E-state index contributed by atoms with van der Waals surface area (Å²) in [5.41, 5.74) is -0.463. The fraction of sp³-hybridized carbons (Fsp3) is 0.917. The largest absolute Gasteiger partial charge is 0.376 e. The van der Waals surface area contributed by atoms with Crippen LogP contribution in [0, 0.1) is 5.41 Å². The molecule has 0 aromatic heterocycles. The van der Waals surface area contributed by atoms with E-state index in [-0.39, 0.29) is 16.9 Å². The Labute approximate surface area is 93.6 Å². The van der Waals surface area contributed by atoms with Gasteiger partial charge in [-0.1, -0.05) is 20.8 Å². The number of ether oxygens (including phenoxy) is 1. The summed E-state index contributed by atoms with van der Waals surface area (Å²) in [4.78, 5) is 11.6. The smallest absolute Gasteiger partial charge is 0.225 e. The third-order valence-corrected chi connectivity index (χ3v) is 2.23. The van der Waals surface area contributed by atoms with E-state index in [0.29, 0.717) is 13.2 Å². The van der Waals surface area contributed by atoms with Gasteiger partial charge in [-0.3, -0.25) is 4.79 Å². The van der Waals surface area contributed by atoms with Crippen LogP contribution in [0.4, 0.5) is 0 Å². The highest BCUT2D eigenvalue weighted by atomic mass is 16.5. The topological polar surface area (TPSA) is 38.3 Å². The molecule has 0 bridgehead atoms. The molecule has 0 aliphatic carbocycles. The zero-order chi connectivity index (χ0) is 12.1. The van der Waals surface area contributed by atoms with Crippen LogP contribution in [0.5, 0.6) is 0 Å². The number of rotatable bonds is 5. The van der Waals surface area contributed by atoms with Gasteiger partial charge < -0.3 is 10.1 Å². The van der Waals surface area contributed by atoms with E-state index < -0.39 is 0 Å². The Balaban J connectivity index is 3.85. The Hall–Kier alpha value is -0.570. The first-order chi connectivity index (χ1) is 6.69. The zero-order valence-electron chi connectivity index (χ0n) is 10.9. The quantitative estimate of drug-likeness (QED) is 0.764. The minimum absolute atomic E-state index is 0.0924. The standard InChI is InChI=1S/C12H25NO2/c1-7-15-12(5,6)8-9-13-10(14)11(2,3)4/h7-9H2,1-6H3,(H,13,14). The first-order valence-corrected chi connectivity index (χ1v) is 5.61. The molecular formula is C12H25NO2. The fourth-order valence-corrected chi connectivity index (χ4v) is 1.21. The summed E-state index contributed by atoms with van der Waals surface area (Å²) in [6.07, 6.45) is 0.836. The molecule has 90 valence electrons. The van der Waals surface area contributed by atoms with Crippen LogP contribution in [0.15, 0.2) is 0 Å². The number of hydrogen-bond donors (Lipinski definition) is 1. The summed E-state index contributed by atoms with van der Waals surface area (Å²) in [5.74, 6) is 0.0924. The lowest BCUT2D eigenvalue weighted by Gasteiger charge is -2.25. The van der Waals surface area contributed by atoms with Crippen LogP contribution >= 0.6 is 0 Å². The number of amides is 1. The van der Waals surface area contributed by atoms with Crippen LogP contribution in [0.25, 0.3) is 0 Å². The van der Waals surface area contributed by atoms with Crippen LogP contribution in [0.2, 0.25) is 0 Å². The van der Waals surface area contributed by atoms with Crippen molar-refractivity contribution in [3.05, 3.63) is 0 Å². The lowest BCUT2D eigenvalue weighted by molar-refractivity contribution is -0.128. The summed E-state index contributed by atoms with van der Waals surface area (Å²) in [6, 6.07) is 0. The van der Waals surface area contributed by atoms with Gasteiger partial charge in [0.15, 0.2) is 0 Å². The first kappa shape index (κ1) is 14.4. The third-order valence-electron chi connectivity index (χ3n) is 2.23. The van der Waals surface area contributed by atoms with Crippen molar-refractivity contribution in [3.8, 4) is 0 Å². The highest BCUT2D eigenvalue weighted by Gasteiger charge is 2.22. The van der Waals surface area contributed by atoms with Gasteiger partial charge in [0.2, 0.25) is 5.91 Å². The Morgan fingerprint density at radius 2 is 1.73 bits per heavy atom. The Morgan fingerprint density at radius 1 is 1.20 bits per heavy atom. The molecule has 0 rings (SSSR count). The molecule has 0 aliphatic heterocycles. The molecule has 1 N–H and O–H groups in total. The summed E-state index contributed by atoms with van der Waals surface area (Å²) in [7, 11) is 0. The minimum atomic E-state index is -0.310. The van der Waals surface area contributed by atoms with Gasteiger partial charge in [0.25, 0.3) is 0 Å². The van der Waals surface area contributed by atoms with Crippen LogP contribution in [0.3, 0.4) is 0 Å². The Morgan fingerprint density at radius 3 is 2.13 bits per heavy atom. The van der Waals surface area contributed by atoms with Crippen LogP contribution in [-0.4, -0.2) is 24.7 Å². The van der Waals surface area contributed by atoms with Gasteiger partial charge in [-0.2, -0.15) is 0 Å². The van der Waals surface area contributed by atoms with E-state index in [0.717, 1.165) is 6.42 Å². The van der Waals surface area contributed by atoms with Gasteiger partial charge in [-0.15, -0.1) is 0 Å². The van der Waals surface area contributed by atoms with Crippen LogP contribution in [-0.2, 0) is 9.53 Å². The molecule has 3 heteroatoms. The van der Waals surface area contributed by atoms with Gasteiger partial charge >= 0.3 is 0 Å². The lowest BCUT2D eigenvalue weighted by Crippen LogP contribution is -2.38. The molecule has 0 atom stereocenters. The molecular weight excluding hydrogens is 190 g/mol. The van der Waals surface area contributed by atoms with Crippen molar-refractivity contribution in [2.75, 3.05) is 13.2 Å². The average molecular weight is 215 g/mol. The van der Waals surface area contributed by atoms with Crippen molar-refractivity contribution in [1.29, 1.82) is 0 Å². The Kier molecular flexibility index (Phi) is 5.29. The summed E-state index contributed by atoms with van der Waals surface area (Å²) < 4.78 is 5.55. The zero-order valence-corrected chi connectivity index (χ0v) is 10.9. The molecule has 0 radical (unpaired) electrons. The summed E-state index contributed by atoms with van der Waals surface area (Å²) in [6.45, 7) is 13.2. The van der Waals surface area contributed by atoms with Crippen molar-refractivity contribution in [3.63, 3.8) is 0 Å². The van der Waals surface area contributed by atoms with Gasteiger partial charge in [0, 0.05) is 18.6 Å². The maximum absolute atomic E-state index is 11.6. The second-order valence-corrected chi connectivity index (χ2v) is 5.45. The maximum atomic E-state index is 11.6. The summed E-state index contributed by atoms with van der Waals surface area (Å²) in [5, 5.41) is 2.92. The van der Waals surface area contributed by atoms with E-state index in [2.05, 4.69) is 5.32 Å². The van der Waals surface area contributed by atoms with Crippen LogP contribution in [0.1, 0.15) is 48.0 Å². The molecule has 0 saturated carbocycles. The van der Waals surface area contributed by atoms with Crippen molar-refractivity contribution in [2.24, 2.45) is 5.41 Å². The van der Waals surface area contributed by atoms with E-state index in [1.54, 1.807) is 0 Å². The number of nitrogens with one attached hydrogen (secondary N) is 1. The predicted molar refractivity (Wildman–Crippen MR) is 62.8 cm³/mol. The van der Waals surface area contributed by atoms with Crippen LogP contribution < -0.4 is 5.32 Å². The molecule has 0 spiro atoms. The highest BCUT2D eigenvalue weighted by molar-refractivity contribution is 5.81. The molecule has 0 fully saturated rings. The molecule has 0 unspecified atom stereocenters. The van der Waals surface area contributed by atoms with Gasteiger partial charge in [-0.05, 0) is 27.2 Å². The second kappa shape index (κ2) is 5.50. The lowest BCUT2D eigenvalue weighted by atomic mass is 9.95. The number of carbonyl (C=O) groups is 1. The van der Waals surface area contributed by atoms with Gasteiger partial charge in [-0.25, -0.2) is 0 Å². The highest BCUT2D eigenvalue weighted by Crippen LogP contribution is 2.15. The van der Waals surface area contributed by atoms with E-state index >= 15 is 0 Å². The second-order valence-electron chi connectivity index (χ2n) is 5.45. The molecule has 1 amide bonds. The number of hydrogen-bond acceptors (Lipinski definition) is 2. The van der Waals surface area contributed by atoms with E-state index in [1.165, 1.54) is 0 Å². The summed E-state index contributed by atoms with van der Waals surface area (Å²) >= 11 is 0. The minimum Gasteiger partial charge on any atom is -0.376 e. The van der Waals surface area contributed by atoms with Crippen molar-refractivity contribution >= 4 is 5.91 Å².